The number of carbonyl (C=O) groups excluding carboxylic acids is 2. The second-order valence-electron chi connectivity index (χ2n) is 3.74. The fourth-order valence-corrected chi connectivity index (χ4v) is 1.70. The molecule has 0 bridgehead atoms. The molecular formula is C11H13N3O2. The van der Waals surface area contributed by atoms with Gasteiger partial charge in [-0.05, 0) is 19.1 Å². The zero-order chi connectivity index (χ0) is 11.5. The van der Waals surface area contributed by atoms with Gasteiger partial charge in [-0.3, -0.25) is 14.6 Å². The minimum absolute atomic E-state index is 0.0905. The molecule has 1 aliphatic heterocycles. The second-order valence-corrected chi connectivity index (χ2v) is 3.74. The molecular weight excluding hydrogens is 206 g/mol. The van der Waals surface area contributed by atoms with E-state index in [-0.39, 0.29) is 11.8 Å². The predicted octanol–water partition coefficient (Wildman–Crippen LogP) is 0.323. The van der Waals surface area contributed by atoms with Crippen molar-refractivity contribution >= 4 is 17.5 Å². The molecule has 0 radical (unpaired) electrons. The van der Waals surface area contributed by atoms with Gasteiger partial charge in [0.25, 0.3) is 0 Å². The highest BCUT2D eigenvalue weighted by Crippen LogP contribution is 2.15. The van der Waals surface area contributed by atoms with Gasteiger partial charge in [-0.25, -0.2) is 0 Å². The monoisotopic (exact) mass is 219 g/mol. The van der Waals surface area contributed by atoms with E-state index in [1.807, 2.05) is 6.07 Å². The van der Waals surface area contributed by atoms with E-state index >= 15 is 0 Å². The molecule has 1 aromatic heterocycles. The van der Waals surface area contributed by atoms with E-state index in [1.165, 1.54) is 0 Å². The molecule has 1 fully saturated rings. The van der Waals surface area contributed by atoms with E-state index in [4.69, 9.17) is 0 Å². The smallest absolute Gasteiger partial charge is 0.249 e. The van der Waals surface area contributed by atoms with Gasteiger partial charge in [0.2, 0.25) is 11.8 Å². The summed E-state index contributed by atoms with van der Waals surface area (Å²) >= 11 is 0. The number of rotatable bonds is 1. The fourth-order valence-electron chi connectivity index (χ4n) is 1.70. The lowest BCUT2D eigenvalue weighted by Crippen LogP contribution is -2.42. The van der Waals surface area contributed by atoms with Gasteiger partial charge in [0.05, 0.1) is 11.9 Å². The van der Waals surface area contributed by atoms with E-state index in [0.29, 0.717) is 13.0 Å². The van der Waals surface area contributed by atoms with Crippen molar-refractivity contribution in [3.63, 3.8) is 0 Å². The van der Waals surface area contributed by atoms with Crippen LogP contribution in [0.1, 0.15) is 13.3 Å². The van der Waals surface area contributed by atoms with Crippen LogP contribution in [0.4, 0.5) is 5.69 Å². The number of hydrogen-bond acceptors (Lipinski definition) is 3. The summed E-state index contributed by atoms with van der Waals surface area (Å²) in [6.07, 6.45) is 3.60. The molecule has 16 heavy (non-hydrogen) atoms. The Hall–Kier alpha value is -1.91. The van der Waals surface area contributed by atoms with Crippen LogP contribution in [-0.2, 0) is 9.59 Å². The fraction of sp³-hybridized carbons (Fsp3) is 0.364. The van der Waals surface area contributed by atoms with Gasteiger partial charge >= 0.3 is 0 Å². The van der Waals surface area contributed by atoms with Crippen LogP contribution in [0.5, 0.6) is 0 Å². The molecule has 1 aromatic rings. The number of hydrogen-bond donors (Lipinski definition) is 1. The Morgan fingerprint density at radius 1 is 1.50 bits per heavy atom. The van der Waals surface area contributed by atoms with Crippen LogP contribution in [0.15, 0.2) is 24.5 Å². The first-order chi connectivity index (χ1) is 7.68. The van der Waals surface area contributed by atoms with Gasteiger partial charge in [-0.2, -0.15) is 0 Å². The van der Waals surface area contributed by atoms with E-state index in [9.17, 15) is 9.59 Å². The van der Waals surface area contributed by atoms with Gasteiger partial charge < -0.3 is 10.2 Å². The summed E-state index contributed by atoms with van der Waals surface area (Å²) in [7, 11) is 0. The van der Waals surface area contributed by atoms with Crippen LogP contribution < -0.4 is 10.2 Å². The number of aromatic nitrogens is 1. The zero-order valence-corrected chi connectivity index (χ0v) is 9.01. The molecule has 84 valence electrons. The molecule has 5 nitrogen and oxygen atoms in total. The summed E-state index contributed by atoms with van der Waals surface area (Å²) in [4.78, 5) is 28.8. The largest absolute Gasteiger partial charge is 0.345 e. The molecule has 2 amide bonds. The first-order valence-electron chi connectivity index (χ1n) is 5.19. The Morgan fingerprint density at radius 2 is 2.31 bits per heavy atom. The highest BCUT2D eigenvalue weighted by atomic mass is 16.2. The van der Waals surface area contributed by atoms with E-state index in [1.54, 1.807) is 30.3 Å². The SMILES string of the molecule is CC1NC(=O)CCN(c2cccnc2)C1=O. The predicted molar refractivity (Wildman–Crippen MR) is 58.8 cm³/mol. The Morgan fingerprint density at radius 3 is 3.00 bits per heavy atom. The van der Waals surface area contributed by atoms with Crippen molar-refractivity contribution in [2.45, 2.75) is 19.4 Å². The molecule has 1 saturated heterocycles. The van der Waals surface area contributed by atoms with E-state index in [0.717, 1.165) is 5.69 Å². The van der Waals surface area contributed by atoms with E-state index < -0.39 is 6.04 Å². The number of amides is 2. The van der Waals surface area contributed by atoms with E-state index in [2.05, 4.69) is 10.3 Å². The van der Waals surface area contributed by atoms with Crippen LogP contribution in [0.3, 0.4) is 0 Å². The topological polar surface area (TPSA) is 62.3 Å². The third-order valence-corrected chi connectivity index (χ3v) is 2.53. The molecule has 0 aromatic carbocycles. The highest BCUT2D eigenvalue weighted by Gasteiger charge is 2.27. The van der Waals surface area contributed by atoms with Gasteiger partial charge in [-0.1, -0.05) is 0 Å². The van der Waals surface area contributed by atoms with Crippen molar-refractivity contribution in [2.75, 3.05) is 11.4 Å². The third kappa shape index (κ3) is 2.03. The molecule has 1 N–H and O–H groups in total. The summed E-state index contributed by atoms with van der Waals surface area (Å²) in [6.45, 7) is 2.09. The quantitative estimate of drug-likeness (QED) is 0.740. The van der Waals surface area contributed by atoms with Crippen LogP contribution in [0.25, 0.3) is 0 Å². The number of nitrogens with one attached hydrogen (secondary N) is 1. The average molecular weight is 219 g/mol. The molecule has 0 aliphatic carbocycles. The summed E-state index contributed by atoms with van der Waals surface area (Å²) in [5, 5.41) is 2.64. The van der Waals surface area contributed by atoms with Crippen molar-refractivity contribution in [3.8, 4) is 0 Å². The Balaban J connectivity index is 2.27. The molecule has 0 saturated carbocycles. The van der Waals surface area contributed by atoms with Gasteiger partial charge in [0, 0.05) is 19.2 Å². The normalized spacial score (nSPS) is 21.6. The van der Waals surface area contributed by atoms with Gasteiger partial charge in [0.15, 0.2) is 0 Å². The summed E-state index contributed by atoms with van der Waals surface area (Å²) < 4.78 is 0. The minimum atomic E-state index is -0.477. The molecule has 0 spiro atoms. The van der Waals surface area contributed by atoms with Crippen LogP contribution >= 0.6 is 0 Å². The van der Waals surface area contributed by atoms with Crippen molar-refractivity contribution in [2.24, 2.45) is 0 Å². The third-order valence-electron chi connectivity index (χ3n) is 2.53. The Bertz CT molecular complexity index is 405. The highest BCUT2D eigenvalue weighted by molar-refractivity contribution is 6.00. The lowest BCUT2D eigenvalue weighted by molar-refractivity contribution is -0.125. The summed E-state index contributed by atoms with van der Waals surface area (Å²) in [6, 6.07) is 3.11. The van der Waals surface area contributed by atoms with Gasteiger partial charge in [-0.15, -0.1) is 0 Å². The van der Waals surface area contributed by atoms with Gasteiger partial charge in [0.1, 0.15) is 6.04 Å². The standard InChI is InChI=1S/C11H13N3O2/c1-8-11(16)14(6-4-10(15)13-8)9-3-2-5-12-7-9/h2-3,5,7-8H,4,6H2,1H3,(H,13,15). The molecule has 1 atom stereocenters. The van der Waals surface area contributed by atoms with Crippen molar-refractivity contribution < 1.29 is 9.59 Å². The maximum absolute atomic E-state index is 12.0. The maximum atomic E-state index is 12.0. The Labute approximate surface area is 93.5 Å². The van der Waals surface area contributed by atoms with Crippen molar-refractivity contribution in [1.29, 1.82) is 0 Å². The molecule has 5 heteroatoms. The number of nitrogens with zero attached hydrogens (tertiary/aromatic N) is 2. The number of pyridine rings is 1. The lowest BCUT2D eigenvalue weighted by atomic mass is 10.2. The van der Waals surface area contributed by atoms with Crippen molar-refractivity contribution in [1.82, 2.24) is 10.3 Å². The summed E-state index contributed by atoms with van der Waals surface area (Å²) in [5.74, 6) is -0.189. The van der Waals surface area contributed by atoms with Crippen LogP contribution in [-0.4, -0.2) is 29.4 Å². The minimum Gasteiger partial charge on any atom is -0.345 e. The molecule has 2 heterocycles. The summed E-state index contributed by atoms with van der Waals surface area (Å²) in [5.41, 5.74) is 0.732. The first kappa shape index (κ1) is 10.6. The van der Waals surface area contributed by atoms with Crippen molar-refractivity contribution in [3.05, 3.63) is 24.5 Å². The molecule has 1 unspecified atom stereocenters. The lowest BCUT2D eigenvalue weighted by Gasteiger charge is -2.21. The second kappa shape index (κ2) is 4.30. The average Bonchev–Trinajstić information content (AvgIpc) is 2.41. The van der Waals surface area contributed by atoms with Crippen LogP contribution in [0.2, 0.25) is 0 Å². The van der Waals surface area contributed by atoms with Crippen LogP contribution in [0, 0.1) is 0 Å². The zero-order valence-electron chi connectivity index (χ0n) is 9.01. The molecule has 2 rings (SSSR count). The maximum Gasteiger partial charge on any atom is 0.249 e. The number of carbonyl (C=O) groups is 2. The first-order valence-corrected chi connectivity index (χ1v) is 5.19. The number of anilines is 1. The Kier molecular flexibility index (Phi) is 2.85. The molecule has 1 aliphatic rings.